The SMILES string of the molecule is Cc1cccc2c1NC(C)(C)C(=O)S2(=O)=O. The maximum absolute atomic E-state index is 12.0. The van der Waals surface area contributed by atoms with E-state index >= 15 is 0 Å². The minimum atomic E-state index is -3.85. The van der Waals surface area contributed by atoms with Crippen LogP contribution < -0.4 is 5.32 Å². The van der Waals surface area contributed by atoms with Gasteiger partial charge in [-0.1, -0.05) is 12.1 Å². The lowest BCUT2D eigenvalue weighted by atomic mass is 10.1. The molecule has 1 aliphatic rings. The van der Waals surface area contributed by atoms with Gasteiger partial charge in [-0.25, -0.2) is 8.42 Å². The number of aryl methyl sites for hydroxylation is 1. The van der Waals surface area contributed by atoms with Gasteiger partial charge in [-0.2, -0.15) is 0 Å². The van der Waals surface area contributed by atoms with E-state index in [-0.39, 0.29) is 4.90 Å². The highest BCUT2D eigenvalue weighted by atomic mass is 32.2. The summed E-state index contributed by atoms with van der Waals surface area (Å²) in [5.74, 6) is 0. The highest BCUT2D eigenvalue weighted by Gasteiger charge is 2.44. The van der Waals surface area contributed by atoms with E-state index in [0.29, 0.717) is 5.69 Å². The normalized spacial score (nSPS) is 21.1. The zero-order chi connectivity index (χ0) is 12.1. The molecule has 86 valence electrons. The molecular formula is C11H13NO3S. The second-order valence-corrected chi connectivity index (χ2v) is 6.31. The van der Waals surface area contributed by atoms with Crippen molar-refractivity contribution in [3.05, 3.63) is 23.8 Å². The minimum absolute atomic E-state index is 0.0804. The second kappa shape index (κ2) is 3.07. The molecule has 0 radical (unpaired) electrons. The summed E-state index contributed by atoms with van der Waals surface area (Å²) in [6, 6.07) is 4.91. The number of anilines is 1. The minimum Gasteiger partial charge on any atom is -0.371 e. The molecule has 1 N–H and O–H groups in total. The van der Waals surface area contributed by atoms with E-state index in [4.69, 9.17) is 0 Å². The van der Waals surface area contributed by atoms with E-state index in [1.165, 1.54) is 6.07 Å². The number of hydrogen-bond acceptors (Lipinski definition) is 4. The van der Waals surface area contributed by atoms with Gasteiger partial charge in [-0.15, -0.1) is 0 Å². The number of carbonyl (C=O) groups is 1. The average Bonchev–Trinajstić information content (AvgIpc) is 2.17. The topological polar surface area (TPSA) is 63.2 Å². The number of hydrogen-bond donors (Lipinski definition) is 1. The van der Waals surface area contributed by atoms with Gasteiger partial charge in [-0.3, -0.25) is 4.79 Å². The van der Waals surface area contributed by atoms with Crippen molar-refractivity contribution in [2.45, 2.75) is 31.2 Å². The third-order valence-electron chi connectivity index (χ3n) is 2.72. The zero-order valence-electron chi connectivity index (χ0n) is 9.37. The zero-order valence-corrected chi connectivity index (χ0v) is 10.2. The number of fused-ring (bicyclic) bond motifs is 1. The van der Waals surface area contributed by atoms with Crippen LogP contribution in [0.2, 0.25) is 0 Å². The van der Waals surface area contributed by atoms with Crippen molar-refractivity contribution in [1.82, 2.24) is 0 Å². The van der Waals surface area contributed by atoms with Crippen LogP contribution in [0.1, 0.15) is 19.4 Å². The first-order chi connectivity index (χ1) is 7.27. The molecule has 5 heteroatoms. The molecule has 0 saturated heterocycles. The van der Waals surface area contributed by atoms with E-state index < -0.39 is 20.5 Å². The monoisotopic (exact) mass is 239 g/mol. The van der Waals surface area contributed by atoms with Crippen LogP contribution in [-0.4, -0.2) is 19.1 Å². The Labute approximate surface area is 94.6 Å². The fourth-order valence-corrected chi connectivity index (χ4v) is 3.49. The molecule has 2 rings (SSSR count). The van der Waals surface area contributed by atoms with E-state index in [2.05, 4.69) is 5.32 Å². The van der Waals surface area contributed by atoms with Crippen LogP contribution in [0.25, 0.3) is 0 Å². The molecule has 1 aromatic rings. The number of benzene rings is 1. The molecule has 0 saturated carbocycles. The Morgan fingerprint density at radius 1 is 1.25 bits per heavy atom. The summed E-state index contributed by atoms with van der Waals surface area (Å²) < 4.78 is 24.0. The molecule has 1 heterocycles. The average molecular weight is 239 g/mol. The molecule has 0 aliphatic carbocycles. The van der Waals surface area contributed by atoms with Crippen LogP contribution in [0.4, 0.5) is 5.69 Å². The summed E-state index contributed by atoms with van der Waals surface area (Å²) in [6.07, 6.45) is 0. The molecule has 0 atom stereocenters. The number of nitrogens with one attached hydrogen (secondary N) is 1. The second-order valence-electron chi connectivity index (χ2n) is 4.49. The van der Waals surface area contributed by atoms with Gasteiger partial charge in [-0.05, 0) is 32.4 Å². The van der Waals surface area contributed by atoms with Gasteiger partial charge >= 0.3 is 0 Å². The van der Waals surface area contributed by atoms with Gasteiger partial charge < -0.3 is 5.32 Å². The molecule has 4 nitrogen and oxygen atoms in total. The Hall–Kier alpha value is -1.36. The van der Waals surface area contributed by atoms with Gasteiger partial charge in [0.2, 0.25) is 9.84 Å². The Kier molecular flexibility index (Phi) is 2.14. The van der Waals surface area contributed by atoms with E-state index in [9.17, 15) is 13.2 Å². The van der Waals surface area contributed by atoms with Crippen molar-refractivity contribution in [2.75, 3.05) is 5.32 Å². The van der Waals surface area contributed by atoms with Crippen molar-refractivity contribution in [3.8, 4) is 0 Å². The molecule has 0 fully saturated rings. The van der Waals surface area contributed by atoms with Crippen LogP contribution in [0, 0.1) is 6.92 Å². The first-order valence-corrected chi connectivity index (χ1v) is 6.42. The maximum Gasteiger partial charge on any atom is 0.275 e. The number of sulfone groups is 1. The maximum atomic E-state index is 12.0. The number of carbonyl (C=O) groups excluding carboxylic acids is 1. The van der Waals surface area contributed by atoms with Crippen molar-refractivity contribution in [1.29, 1.82) is 0 Å². The molecule has 0 spiro atoms. The van der Waals surface area contributed by atoms with Gasteiger partial charge in [0.15, 0.2) is 0 Å². The molecule has 16 heavy (non-hydrogen) atoms. The summed E-state index contributed by atoms with van der Waals surface area (Å²) in [7, 11) is -3.85. The quantitative estimate of drug-likeness (QED) is 0.745. The predicted molar refractivity (Wildman–Crippen MR) is 61.1 cm³/mol. The summed E-state index contributed by atoms with van der Waals surface area (Å²) in [6.45, 7) is 4.96. The fourth-order valence-electron chi connectivity index (χ4n) is 1.82. The highest BCUT2D eigenvalue weighted by Crippen LogP contribution is 2.35. The molecule has 0 bridgehead atoms. The molecule has 1 aliphatic heterocycles. The Bertz CT molecular complexity index is 573. The van der Waals surface area contributed by atoms with Crippen molar-refractivity contribution in [3.63, 3.8) is 0 Å². The standard InChI is InChI=1S/C11H13NO3S/c1-7-5-4-6-8-9(7)12-11(2,3)10(13)16(8,14)15/h4-6,12H,1-3H3. The van der Waals surface area contributed by atoms with Gasteiger partial charge in [0, 0.05) is 0 Å². The molecule has 0 aromatic heterocycles. The molecule has 0 amide bonds. The van der Waals surface area contributed by atoms with Gasteiger partial charge in [0.1, 0.15) is 5.54 Å². The van der Waals surface area contributed by atoms with E-state index in [1.54, 1.807) is 19.9 Å². The molecule has 0 unspecified atom stereocenters. The molecular weight excluding hydrogens is 226 g/mol. The third-order valence-corrected chi connectivity index (χ3v) is 4.63. The highest BCUT2D eigenvalue weighted by molar-refractivity contribution is 8.06. The fraction of sp³-hybridized carbons (Fsp3) is 0.364. The summed E-state index contributed by atoms with van der Waals surface area (Å²) in [5.41, 5.74) is 0.284. The van der Waals surface area contributed by atoms with Gasteiger partial charge in [0.25, 0.3) is 5.12 Å². The van der Waals surface area contributed by atoms with Crippen LogP contribution in [-0.2, 0) is 14.6 Å². The van der Waals surface area contributed by atoms with Crippen LogP contribution in [0.15, 0.2) is 23.1 Å². The van der Waals surface area contributed by atoms with Crippen molar-refractivity contribution >= 4 is 20.6 Å². The number of para-hydroxylation sites is 1. The van der Waals surface area contributed by atoms with E-state index in [0.717, 1.165) is 5.56 Å². The lowest BCUT2D eigenvalue weighted by Gasteiger charge is -2.32. The smallest absolute Gasteiger partial charge is 0.275 e. The van der Waals surface area contributed by atoms with Crippen LogP contribution in [0.5, 0.6) is 0 Å². The van der Waals surface area contributed by atoms with Crippen molar-refractivity contribution in [2.24, 2.45) is 0 Å². The van der Waals surface area contributed by atoms with Crippen LogP contribution >= 0.6 is 0 Å². The first kappa shape index (κ1) is 11.1. The van der Waals surface area contributed by atoms with Crippen molar-refractivity contribution < 1.29 is 13.2 Å². The Morgan fingerprint density at radius 2 is 1.88 bits per heavy atom. The first-order valence-electron chi connectivity index (χ1n) is 4.94. The summed E-state index contributed by atoms with van der Waals surface area (Å²) >= 11 is 0. The lowest BCUT2D eigenvalue weighted by Crippen LogP contribution is -2.48. The summed E-state index contributed by atoms with van der Waals surface area (Å²) in [5, 5.41) is 2.20. The lowest BCUT2D eigenvalue weighted by molar-refractivity contribution is -0.114. The van der Waals surface area contributed by atoms with Gasteiger partial charge in [0.05, 0.1) is 10.6 Å². The predicted octanol–water partition coefficient (Wildman–Crippen LogP) is 1.50. The molecule has 1 aromatic carbocycles. The Morgan fingerprint density at radius 3 is 2.50 bits per heavy atom. The van der Waals surface area contributed by atoms with Crippen LogP contribution in [0.3, 0.4) is 0 Å². The Balaban J connectivity index is 2.82. The largest absolute Gasteiger partial charge is 0.371 e. The van der Waals surface area contributed by atoms with E-state index in [1.807, 2.05) is 13.0 Å². The third kappa shape index (κ3) is 1.35. The summed E-state index contributed by atoms with van der Waals surface area (Å²) in [4.78, 5) is 11.9. The number of rotatable bonds is 0.